The van der Waals surface area contributed by atoms with Crippen LogP contribution >= 0.6 is 0 Å². The molecule has 1 aliphatic rings. The Kier molecular flexibility index (Phi) is 4.89. The number of non-ortho nitro benzene ring substituents is 1. The molecule has 0 aliphatic heterocycles. The lowest BCUT2D eigenvalue weighted by molar-refractivity contribution is -0.384. The highest BCUT2D eigenvalue weighted by atomic mass is 16.6. The molecule has 1 aliphatic carbocycles. The third kappa shape index (κ3) is 3.62. The summed E-state index contributed by atoms with van der Waals surface area (Å²) in [7, 11) is 0. The first kappa shape index (κ1) is 16.2. The number of ketones is 1. The summed E-state index contributed by atoms with van der Waals surface area (Å²) < 4.78 is 0. The van der Waals surface area contributed by atoms with Crippen molar-refractivity contribution in [1.29, 1.82) is 0 Å². The van der Waals surface area contributed by atoms with Crippen molar-refractivity contribution in [1.82, 2.24) is 0 Å². The van der Waals surface area contributed by atoms with Crippen LogP contribution in [0.2, 0.25) is 0 Å². The van der Waals surface area contributed by atoms with E-state index in [0.717, 1.165) is 30.5 Å². The van der Waals surface area contributed by atoms with Gasteiger partial charge in [0.2, 0.25) is 0 Å². The maximum atomic E-state index is 12.4. The second-order valence-corrected chi connectivity index (χ2v) is 6.16. The van der Waals surface area contributed by atoms with Crippen LogP contribution in [0.15, 0.2) is 54.6 Å². The molecular weight excluding hydrogens is 304 g/mol. The largest absolute Gasteiger partial charge is 0.378 e. The van der Waals surface area contributed by atoms with Crippen molar-refractivity contribution in [2.45, 2.75) is 31.7 Å². The number of benzene rings is 2. The average Bonchev–Trinajstić information content (AvgIpc) is 2.61. The molecule has 5 nitrogen and oxygen atoms in total. The highest BCUT2D eigenvalue weighted by Crippen LogP contribution is 2.35. The van der Waals surface area contributed by atoms with Crippen LogP contribution in [0.5, 0.6) is 0 Å². The smallest absolute Gasteiger partial charge is 0.269 e. The standard InChI is InChI=1S/C19H20N2O3/c22-18-9-5-4-8-17(18)19(20-15-6-2-1-3-7-15)14-10-12-16(13-11-14)21(23)24/h1-3,6-7,10-13,17,19-20H,4-5,8-9H2. The summed E-state index contributed by atoms with van der Waals surface area (Å²) in [6, 6.07) is 16.1. The maximum absolute atomic E-state index is 12.4. The lowest BCUT2D eigenvalue weighted by Gasteiger charge is -2.31. The first-order valence-electron chi connectivity index (χ1n) is 8.24. The first-order valence-corrected chi connectivity index (χ1v) is 8.24. The van der Waals surface area contributed by atoms with Gasteiger partial charge in [-0.05, 0) is 30.5 Å². The molecule has 0 spiro atoms. The van der Waals surface area contributed by atoms with Crippen molar-refractivity contribution in [2.24, 2.45) is 5.92 Å². The predicted molar refractivity (Wildman–Crippen MR) is 92.9 cm³/mol. The minimum Gasteiger partial charge on any atom is -0.378 e. The molecule has 0 aromatic heterocycles. The van der Waals surface area contributed by atoms with E-state index in [9.17, 15) is 14.9 Å². The first-order chi connectivity index (χ1) is 11.6. The van der Waals surface area contributed by atoms with Gasteiger partial charge in [0.1, 0.15) is 5.78 Å². The SMILES string of the molecule is O=C1CCCCC1C(Nc1ccccc1)c1ccc([N+](=O)[O-])cc1. The van der Waals surface area contributed by atoms with Crippen molar-refractivity contribution < 1.29 is 9.72 Å². The monoisotopic (exact) mass is 324 g/mol. The summed E-state index contributed by atoms with van der Waals surface area (Å²) in [6.45, 7) is 0. The molecule has 0 saturated heterocycles. The molecule has 5 heteroatoms. The minimum atomic E-state index is -0.408. The summed E-state index contributed by atoms with van der Waals surface area (Å²) >= 11 is 0. The number of nitrogens with zero attached hydrogens (tertiary/aromatic N) is 1. The summed E-state index contributed by atoms with van der Waals surface area (Å²) in [4.78, 5) is 22.9. The number of carbonyl (C=O) groups excluding carboxylic acids is 1. The lowest BCUT2D eigenvalue weighted by Crippen LogP contribution is -2.30. The van der Waals surface area contributed by atoms with Gasteiger partial charge in [0.15, 0.2) is 0 Å². The van der Waals surface area contributed by atoms with E-state index >= 15 is 0 Å². The Morgan fingerprint density at radius 3 is 2.38 bits per heavy atom. The molecule has 24 heavy (non-hydrogen) atoms. The van der Waals surface area contributed by atoms with Gasteiger partial charge in [-0.15, -0.1) is 0 Å². The fourth-order valence-electron chi connectivity index (χ4n) is 3.30. The van der Waals surface area contributed by atoms with Crippen LogP contribution in [0.4, 0.5) is 11.4 Å². The summed E-state index contributed by atoms with van der Waals surface area (Å²) in [6.07, 6.45) is 3.45. The van der Waals surface area contributed by atoms with E-state index < -0.39 is 4.92 Å². The molecule has 0 heterocycles. The summed E-state index contributed by atoms with van der Waals surface area (Å²) in [5.74, 6) is 0.174. The number of rotatable bonds is 5. The van der Waals surface area contributed by atoms with Crippen molar-refractivity contribution in [3.63, 3.8) is 0 Å². The second-order valence-electron chi connectivity index (χ2n) is 6.16. The number of Topliss-reactive ketones (excluding diaryl/α,β-unsaturated/α-hetero) is 1. The molecule has 124 valence electrons. The fourth-order valence-corrected chi connectivity index (χ4v) is 3.30. The zero-order chi connectivity index (χ0) is 16.9. The van der Waals surface area contributed by atoms with Crippen molar-refractivity contribution in [2.75, 3.05) is 5.32 Å². The Balaban J connectivity index is 1.91. The molecule has 1 fully saturated rings. The number of carbonyl (C=O) groups is 1. The van der Waals surface area contributed by atoms with Crippen LogP contribution in [-0.2, 0) is 4.79 Å². The van der Waals surface area contributed by atoms with E-state index in [2.05, 4.69) is 5.32 Å². The van der Waals surface area contributed by atoms with Crippen LogP contribution in [-0.4, -0.2) is 10.7 Å². The Morgan fingerprint density at radius 1 is 1.04 bits per heavy atom. The van der Waals surface area contributed by atoms with Gasteiger partial charge in [-0.3, -0.25) is 14.9 Å². The molecule has 0 bridgehead atoms. The number of nitro benzene ring substituents is 1. The minimum absolute atomic E-state index is 0.0622. The molecule has 1 saturated carbocycles. The molecule has 2 aromatic carbocycles. The highest BCUT2D eigenvalue weighted by molar-refractivity contribution is 5.83. The third-order valence-electron chi connectivity index (χ3n) is 4.56. The van der Waals surface area contributed by atoms with Gasteiger partial charge in [0.25, 0.3) is 5.69 Å². The van der Waals surface area contributed by atoms with Crippen LogP contribution in [0.25, 0.3) is 0 Å². The van der Waals surface area contributed by atoms with E-state index in [1.54, 1.807) is 12.1 Å². The van der Waals surface area contributed by atoms with Gasteiger partial charge >= 0.3 is 0 Å². The van der Waals surface area contributed by atoms with E-state index in [1.807, 2.05) is 30.3 Å². The molecule has 3 rings (SSSR count). The molecular formula is C19H20N2O3. The van der Waals surface area contributed by atoms with Gasteiger partial charge in [-0.1, -0.05) is 36.8 Å². The van der Waals surface area contributed by atoms with E-state index in [4.69, 9.17) is 0 Å². The molecule has 0 radical (unpaired) electrons. The third-order valence-corrected chi connectivity index (χ3v) is 4.56. The van der Waals surface area contributed by atoms with Crippen molar-refractivity contribution in [3.05, 3.63) is 70.3 Å². The Morgan fingerprint density at radius 2 is 1.75 bits per heavy atom. The van der Waals surface area contributed by atoms with Gasteiger partial charge < -0.3 is 5.32 Å². The fraction of sp³-hybridized carbons (Fsp3) is 0.316. The highest BCUT2D eigenvalue weighted by Gasteiger charge is 2.31. The Labute approximate surface area is 140 Å². The summed E-state index contributed by atoms with van der Waals surface area (Å²) in [5, 5.41) is 14.3. The number of nitro groups is 1. The number of hydrogen-bond donors (Lipinski definition) is 1. The van der Waals surface area contributed by atoms with Crippen LogP contribution in [0.1, 0.15) is 37.3 Å². The molecule has 2 atom stereocenters. The quantitative estimate of drug-likeness (QED) is 0.649. The van der Waals surface area contributed by atoms with Crippen molar-refractivity contribution in [3.8, 4) is 0 Å². The maximum Gasteiger partial charge on any atom is 0.269 e. The molecule has 0 amide bonds. The normalized spacial score (nSPS) is 18.8. The molecule has 2 unspecified atom stereocenters. The zero-order valence-corrected chi connectivity index (χ0v) is 13.4. The van der Waals surface area contributed by atoms with E-state index in [-0.39, 0.29) is 23.4 Å². The average molecular weight is 324 g/mol. The van der Waals surface area contributed by atoms with Crippen LogP contribution in [0, 0.1) is 16.0 Å². The lowest BCUT2D eigenvalue weighted by atomic mass is 9.80. The summed E-state index contributed by atoms with van der Waals surface area (Å²) in [5.41, 5.74) is 1.91. The number of hydrogen-bond acceptors (Lipinski definition) is 4. The predicted octanol–water partition coefficient (Wildman–Crippen LogP) is 4.51. The van der Waals surface area contributed by atoms with E-state index in [0.29, 0.717) is 6.42 Å². The van der Waals surface area contributed by atoms with Crippen LogP contribution < -0.4 is 5.32 Å². The van der Waals surface area contributed by atoms with Gasteiger partial charge in [0, 0.05) is 30.2 Å². The Bertz CT molecular complexity index is 713. The van der Waals surface area contributed by atoms with Crippen molar-refractivity contribution >= 4 is 17.2 Å². The van der Waals surface area contributed by atoms with Gasteiger partial charge in [-0.25, -0.2) is 0 Å². The van der Waals surface area contributed by atoms with Gasteiger partial charge in [-0.2, -0.15) is 0 Å². The Hall–Kier alpha value is -2.69. The molecule has 2 aromatic rings. The number of anilines is 1. The second kappa shape index (κ2) is 7.25. The topological polar surface area (TPSA) is 72.2 Å². The zero-order valence-electron chi connectivity index (χ0n) is 13.4. The van der Waals surface area contributed by atoms with Crippen LogP contribution in [0.3, 0.4) is 0 Å². The number of para-hydroxylation sites is 1. The number of nitrogens with one attached hydrogen (secondary N) is 1. The van der Waals surface area contributed by atoms with E-state index in [1.165, 1.54) is 12.1 Å². The van der Waals surface area contributed by atoms with Gasteiger partial charge in [0.05, 0.1) is 11.0 Å². The molecule has 1 N–H and O–H groups in total.